The first-order valence-electron chi connectivity index (χ1n) is 8.10. The molecule has 27 heavy (non-hydrogen) atoms. The molecule has 0 atom stereocenters. The van der Waals surface area contributed by atoms with Crippen LogP contribution in [0.5, 0.6) is 5.75 Å². The summed E-state index contributed by atoms with van der Waals surface area (Å²) < 4.78 is 5.10. The summed E-state index contributed by atoms with van der Waals surface area (Å²) in [5.74, 6) is 0.861. The summed E-state index contributed by atoms with van der Waals surface area (Å²) in [5.41, 5.74) is 3.01. The number of nitrogens with one attached hydrogen (secondary N) is 2. The lowest BCUT2D eigenvalue weighted by molar-refractivity contribution is -0.115. The number of amides is 1. The van der Waals surface area contributed by atoms with E-state index in [1.807, 2.05) is 25.3 Å². The molecule has 0 saturated heterocycles. The molecule has 2 N–H and O–H groups in total. The Hall–Kier alpha value is -2.71. The Bertz CT molecular complexity index is 956. The van der Waals surface area contributed by atoms with Gasteiger partial charge in [-0.3, -0.25) is 4.79 Å². The van der Waals surface area contributed by atoms with E-state index >= 15 is 0 Å². The van der Waals surface area contributed by atoms with Gasteiger partial charge in [-0.05, 0) is 38.1 Å². The summed E-state index contributed by atoms with van der Waals surface area (Å²) in [4.78, 5) is 25.3. The summed E-state index contributed by atoms with van der Waals surface area (Å²) in [6, 6.07) is 6.97. The van der Waals surface area contributed by atoms with Crippen LogP contribution in [0.3, 0.4) is 0 Å². The van der Waals surface area contributed by atoms with Crippen molar-refractivity contribution in [2.75, 3.05) is 17.7 Å². The molecule has 1 aromatic carbocycles. The van der Waals surface area contributed by atoms with Gasteiger partial charge in [0.1, 0.15) is 5.75 Å². The Morgan fingerprint density at radius 1 is 1.19 bits per heavy atom. The molecular formula is C18H18ClN5O2S. The second-order valence-corrected chi connectivity index (χ2v) is 7.08. The predicted octanol–water partition coefficient (Wildman–Crippen LogP) is 4.14. The van der Waals surface area contributed by atoms with Crippen LogP contribution >= 0.6 is 22.9 Å². The normalized spacial score (nSPS) is 10.5. The minimum atomic E-state index is -0.185. The zero-order chi connectivity index (χ0) is 19.4. The molecule has 0 saturated carbocycles. The number of halogens is 1. The van der Waals surface area contributed by atoms with Crippen LogP contribution in [-0.4, -0.2) is 28.0 Å². The Morgan fingerprint density at radius 3 is 2.59 bits per heavy atom. The van der Waals surface area contributed by atoms with Crippen molar-refractivity contribution in [2.45, 2.75) is 20.3 Å². The highest BCUT2D eigenvalue weighted by molar-refractivity contribution is 7.13. The minimum Gasteiger partial charge on any atom is -0.495 e. The van der Waals surface area contributed by atoms with Crippen LogP contribution in [0, 0.1) is 13.8 Å². The van der Waals surface area contributed by atoms with Crippen LogP contribution in [0.25, 0.3) is 0 Å². The summed E-state index contributed by atoms with van der Waals surface area (Å²) in [7, 11) is 1.54. The summed E-state index contributed by atoms with van der Waals surface area (Å²) in [6.07, 6.45) is 0.148. The molecular weight excluding hydrogens is 386 g/mol. The molecule has 2 heterocycles. The molecule has 7 nitrogen and oxygen atoms in total. The van der Waals surface area contributed by atoms with Gasteiger partial charge in [-0.15, -0.1) is 11.3 Å². The maximum absolute atomic E-state index is 12.2. The van der Waals surface area contributed by atoms with E-state index < -0.39 is 0 Å². The Labute approximate surface area is 165 Å². The fourth-order valence-electron chi connectivity index (χ4n) is 2.44. The van der Waals surface area contributed by atoms with Gasteiger partial charge in [0.05, 0.1) is 24.2 Å². The molecule has 0 bridgehead atoms. The van der Waals surface area contributed by atoms with Gasteiger partial charge in [0.2, 0.25) is 11.9 Å². The van der Waals surface area contributed by atoms with Crippen molar-refractivity contribution in [3.05, 3.63) is 51.7 Å². The predicted molar refractivity (Wildman–Crippen MR) is 107 cm³/mol. The standard InChI is InChI=1S/C18H18ClN5O2S/c1-10-6-11(2)21-17(20-10)24-18-23-13(9-27-18)8-16(25)22-12-4-5-15(26-3)14(19)7-12/h4-7,9H,8H2,1-3H3,(H,22,25)(H,20,21,23,24). The number of anilines is 3. The minimum absolute atomic E-state index is 0.148. The first-order chi connectivity index (χ1) is 12.9. The van der Waals surface area contributed by atoms with Crippen LogP contribution in [0.1, 0.15) is 17.1 Å². The number of ether oxygens (including phenoxy) is 1. The molecule has 0 unspecified atom stereocenters. The topological polar surface area (TPSA) is 89.0 Å². The van der Waals surface area contributed by atoms with Gasteiger partial charge in [-0.1, -0.05) is 11.6 Å². The Kier molecular flexibility index (Phi) is 5.88. The lowest BCUT2D eigenvalue weighted by Gasteiger charge is -2.07. The van der Waals surface area contributed by atoms with E-state index in [9.17, 15) is 4.79 Å². The highest BCUT2D eigenvalue weighted by Gasteiger charge is 2.11. The van der Waals surface area contributed by atoms with Crippen LogP contribution < -0.4 is 15.4 Å². The van der Waals surface area contributed by atoms with Crippen molar-refractivity contribution in [1.82, 2.24) is 15.0 Å². The third-order valence-electron chi connectivity index (χ3n) is 3.53. The van der Waals surface area contributed by atoms with E-state index in [1.54, 1.807) is 18.2 Å². The molecule has 2 aromatic heterocycles. The second kappa shape index (κ2) is 8.32. The van der Waals surface area contributed by atoms with E-state index in [2.05, 4.69) is 25.6 Å². The maximum Gasteiger partial charge on any atom is 0.230 e. The molecule has 140 valence electrons. The average molecular weight is 404 g/mol. The van der Waals surface area contributed by atoms with Crippen LogP contribution in [0.2, 0.25) is 5.02 Å². The highest BCUT2D eigenvalue weighted by atomic mass is 35.5. The lowest BCUT2D eigenvalue weighted by atomic mass is 10.2. The van der Waals surface area contributed by atoms with Crippen LogP contribution in [0.15, 0.2) is 29.6 Å². The summed E-state index contributed by atoms with van der Waals surface area (Å²) >= 11 is 7.46. The van der Waals surface area contributed by atoms with Gasteiger partial charge in [-0.25, -0.2) is 15.0 Å². The number of aromatic nitrogens is 3. The van der Waals surface area contributed by atoms with E-state index in [-0.39, 0.29) is 12.3 Å². The van der Waals surface area contributed by atoms with Gasteiger partial charge < -0.3 is 15.4 Å². The van der Waals surface area contributed by atoms with Gasteiger partial charge >= 0.3 is 0 Å². The third-order valence-corrected chi connectivity index (χ3v) is 4.63. The highest BCUT2D eigenvalue weighted by Crippen LogP contribution is 2.27. The molecule has 0 aliphatic carbocycles. The quantitative estimate of drug-likeness (QED) is 0.643. The van der Waals surface area contributed by atoms with Gasteiger partial charge in [0.25, 0.3) is 0 Å². The largest absolute Gasteiger partial charge is 0.495 e. The number of hydrogen-bond acceptors (Lipinski definition) is 7. The summed E-state index contributed by atoms with van der Waals surface area (Å²) in [5, 5.41) is 8.76. The molecule has 1 amide bonds. The van der Waals surface area contributed by atoms with Crippen molar-refractivity contribution in [1.29, 1.82) is 0 Å². The van der Waals surface area contributed by atoms with Crippen molar-refractivity contribution >= 4 is 45.6 Å². The zero-order valence-electron chi connectivity index (χ0n) is 15.0. The number of benzene rings is 1. The Balaban J connectivity index is 1.61. The molecule has 3 aromatic rings. The zero-order valence-corrected chi connectivity index (χ0v) is 16.6. The average Bonchev–Trinajstić information content (AvgIpc) is 3.00. The molecule has 3 rings (SSSR count). The smallest absolute Gasteiger partial charge is 0.230 e. The molecule has 0 aliphatic heterocycles. The first-order valence-corrected chi connectivity index (χ1v) is 9.36. The molecule has 9 heteroatoms. The number of thiazole rings is 1. The third kappa shape index (κ3) is 5.15. The second-order valence-electron chi connectivity index (χ2n) is 5.82. The van der Waals surface area contributed by atoms with Crippen molar-refractivity contribution in [3.63, 3.8) is 0 Å². The number of hydrogen-bond donors (Lipinski definition) is 2. The van der Waals surface area contributed by atoms with Crippen molar-refractivity contribution in [2.24, 2.45) is 0 Å². The molecule has 0 radical (unpaired) electrons. The fourth-order valence-corrected chi connectivity index (χ4v) is 3.40. The molecule has 0 aliphatic rings. The number of rotatable bonds is 6. The van der Waals surface area contributed by atoms with Crippen LogP contribution in [-0.2, 0) is 11.2 Å². The first kappa shape index (κ1) is 19.1. The fraction of sp³-hybridized carbons (Fsp3) is 0.222. The van der Waals surface area contributed by atoms with E-state index in [1.165, 1.54) is 18.4 Å². The van der Waals surface area contributed by atoms with E-state index in [4.69, 9.17) is 16.3 Å². The summed E-state index contributed by atoms with van der Waals surface area (Å²) in [6.45, 7) is 3.81. The van der Waals surface area contributed by atoms with Crippen molar-refractivity contribution in [3.8, 4) is 5.75 Å². The SMILES string of the molecule is COc1ccc(NC(=O)Cc2csc(Nc3nc(C)cc(C)n3)n2)cc1Cl. The lowest BCUT2D eigenvalue weighted by Crippen LogP contribution is -2.14. The number of carbonyl (C=O) groups excluding carboxylic acids is 1. The van der Waals surface area contributed by atoms with Gasteiger partial charge in [0, 0.05) is 22.5 Å². The molecule has 0 spiro atoms. The molecule has 0 fully saturated rings. The van der Waals surface area contributed by atoms with E-state index in [0.29, 0.717) is 33.2 Å². The van der Waals surface area contributed by atoms with Crippen LogP contribution in [0.4, 0.5) is 16.8 Å². The van der Waals surface area contributed by atoms with Gasteiger partial charge in [0.15, 0.2) is 5.13 Å². The van der Waals surface area contributed by atoms with Gasteiger partial charge in [-0.2, -0.15) is 0 Å². The number of methoxy groups -OCH3 is 1. The number of aryl methyl sites for hydroxylation is 2. The van der Waals surface area contributed by atoms with E-state index in [0.717, 1.165) is 11.4 Å². The number of carbonyl (C=O) groups is 1. The Morgan fingerprint density at radius 2 is 1.93 bits per heavy atom. The van der Waals surface area contributed by atoms with Crippen molar-refractivity contribution < 1.29 is 9.53 Å². The number of nitrogens with zero attached hydrogens (tertiary/aromatic N) is 3. The maximum atomic E-state index is 12.2. The monoisotopic (exact) mass is 403 g/mol.